The number of benzene rings is 3. The van der Waals surface area contributed by atoms with Crippen molar-refractivity contribution in [2.75, 3.05) is 12.8 Å². The number of hydrogen-bond donors (Lipinski definition) is 0. The first-order chi connectivity index (χ1) is 15.7. The van der Waals surface area contributed by atoms with Crippen LogP contribution in [0.25, 0.3) is 0 Å². The molecule has 2 atom stereocenters. The molecule has 3 aromatic carbocycles. The zero-order chi connectivity index (χ0) is 22.0. The number of esters is 1. The van der Waals surface area contributed by atoms with Crippen LogP contribution < -0.4 is 15.9 Å². The van der Waals surface area contributed by atoms with E-state index in [1.807, 2.05) is 0 Å². The fraction of sp³-hybridized carbons (Fsp3) is 0.207. The molecule has 3 aromatic rings. The molecule has 2 aliphatic carbocycles. The number of fused-ring (bicyclic) bond motifs is 2. The van der Waals surface area contributed by atoms with Crippen molar-refractivity contribution in [3.8, 4) is 0 Å². The fourth-order valence-electron chi connectivity index (χ4n) is 5.31. The van der Waals surface area contributed by atoms with Gasteiger partial charge in [-0.2, -0.15) is 0 Å². The summed E-state index contributed by atoms with van der Waals surface area (Å²) in [5, 5.41) is 4.18. The van der Waals surface area contributed by atoms with Crippen molar-refractivity contribution < 1.29 is 9.53 Å². The standard InChI is InChI=1S/C29H28O2P/c1-22(30)31-20-28-23-17-18-24(19-23)29(28)21-32(25-11-5-2-6-12-25,26-13-7-3-8-14-26)27-15-9-4-10-16-27/h2-18,23-24H,19-21H2,1H3/q+1. The van der Waals surface area contributed by atoms with Gasteiger partial charge in [-0.1, -0.05) is 66.7 Å². The van der Waals surface area contributed by atoms with E-state index < -0.39 is 7.26 Å². The van der Waals surface area contributed by atoms with E-state index in [0.717, 1.165) is 12.6 Å². The Kier molecular flexibility index (Phi) is 5.81. The van der Waals surface area contributed by atoms with Gasteiger partial charge in [-0.05, 0) is 54.0 Å². The lowest BCUT2D eigenvalue weighted by molar-refractivity contribution is -0.140. The first kappa shape index (κ1) is 20.9. The van der Waals surface area contributed by atoms with E-state index in [1.54, 1.807) is 0 Å². The maximum Gasteiger partial charge on any atom is 0.302 e. The van der Waals surface area contributed by atoms with Crippen molar-refractivity contribution in [2.24, 2.45) is 11.8 Å². The molecule has 32 heavy (non-hydrogen) atoms. The highest BCUT2D eigenvalue weighted by Crippen LogP contribution is 2.60. The van der Waals surface area contributed by atoms with E-state index in [4.69, 9.17) is 4.74 Å². The van der Waals surface area contributed by atoms with Gasteiger partial charge in [0.25, 0.3) is 0 Å². The van der Waals surface area contributed by atoms with Gasteiger partial charge in [0, 0.05) is 18.8 Å². The molecule has 5 rings (SSSR count). The molecule has 3 heteroatoms. The number of ether oxygens (including phenoxy) is 1. The molecule has 0 heterocycles. The zero-order valence-corrected chi connectivity index (χ0v) is 19.2. The van der Waals surface area contributed by atoms with Crippen molar-refractivity contribution in [2.45, 2.75) is 13.3 Å². The topological polar surface area (TPSA) is 26.3 Å². The number of carbonyl (C=O) groups excluding carboxylic acids is 1. The average molecular weight is 440 g/mol. The molecule has 2 nitrogen and oxygen atoms in total. The summed E-state index contributed by atoms with van der Waals surface area (Å²) in [5.41, 5.74) is 2.79. The second-order valence-corrected chi connectivity index (χ2v) is 12.1. The highest BCUT2D eigenvalue weighted by Gasteiger charge is 2.49. The van der Waals surface area contributed by atoms with Crippen molar-refractivity contribution in [3.05, 3.63) is 114 Å². The quantitative estimate of drug-likeness (QED) is 0.293. The molecular formula is C29H28O2P+. The first-order valence-electron chi connectivity index (χ1n) is 11.3. The fourth-order valence-corrected chi connectivity index (χ4v) is 9.75. The van der Waals surface area contributed by atoms with Crippen LogP contribution in [0.5, 0.6) is 0 Å². The van der Waals surface area contributed by atoms with Crippen LogP contribution >= 0.6 is 7.26 Å². The predicted octanol–water partition coefficient (Wildman–Crippen LogP) is 5.05. The Hall–Kier alpha value is -2.96. The molecule has 0 N–H and O–H groups in total. The van der Waals surface area contributed by atoms with Gasteiger partial charge in [0.1, 0.15) is 29.8 Å². The molecule has 160 valence electrons. The first-order valence-corrected chi connectivity index (χ1v) is 13.2. The second kappa shape index (κ2) is 8.88. The van der Waals surface area contributed by atoms with Gasteiger partial charge in [0.2, 0.25) is 0 Å². The van der Waals surface area contributed by atoms with Crippen molar-refractivity contribution in [1.29, 1.82) is 0 Å². The summed E-state index contributed by atoms with van der Waals surface area (Å²) in [6.07, 6.45) is 6.77. The van der Waals surface area contributed by atoms with Crippen molar-refractivity contribution in [3.63, 3.8) is 0 Å². The van der Waals surface area contributed by atoms with Gasteiger partial charge in [0.05, 0.1) is 6.16 Å². The molecule has 0 radical (unpaired) electrons. The molecule has 0 aromatic heterocycles. The van der Waals surface area contributed by atoms with Crippen LogP contribution in [0, 0.1) is 11.8 Å². The smallest absolute Gasteiger partial charge is 0.302 e. The third kappa shape index (κ3) is 3.74. The van der Waals surface area contributed by atoms with Crippen molar-refractivity contribution >= 4 is 29.1 Å². The third-order valence-electron chi connectivity index (χ3n) is 6.82. The van der Waals surface area contributed by atoms with Gasteiger partial charge >= 0.3 is 5.97 Å². The van der Waals surface area contributed by atoms with Crippen LogP contribution in [0.2, 0.25) is 0 Å². The van der Waals surface area contributed by atoms with E-state index in [2.05, 4.69) is 103 Å². The highest BCUT2D eigenvalue weighted by molar-refractivity contribution is 7.95. The Morgan fingerprint density at radius 2 is 1.19 bits per heavy atom. The zero-order valence-electron chi connectivity index (χ0n) is 18.4. The summed E-state index contributed by atoms with van der Waals surface area (Å²) in [4.78, 5) is 11.6. The molecule has 0 fully saturated rings. The van der Waals surface area contributed by atoms with Gasteiger partial charge in [-0.3, -0.25) is 4.79 Å². The van der Waals surface area contributed by atoms with E-state index in [1.165, 1.54) is 34.0 Å². The van der Waals surface area contributed by atoms with Crippen LogP contribution in [-0.4, -0.2) is 18.7 Å². The predicted molar refractivity (Wildman–Crippen MR) is 134 cm³/mol. The van der Waals surface area contributed by atoms with E-state index >= 15 is 0 Å². The summed E-state index contributed by atoms with van der Waals surface area (Å²) in [7, 11) is -1.95. The molecule has 2 unspecified atom stereocenters. The Bertz CT molecular complexity index is 1050. The van der Waals surface area contributed by atoms with Gasteiger partial charge in [0.15, 0.2) is 0 Å². The minimum atomic E-state index is -1.95. The summed E-state index contributed by atoms with van der Waals surface area (Å²) >= 11 is 0. The van der Waals surface area contributed by atoms with Crippen LogP contribution in [0.15, 0.2) is 114 Å². The average Bonchev–Trinajstić information content (AvgIpc) is 3.45. The maximum absolute atomic E-state index is 11.6. The number of carbonyl (C=O) groups is 1. The molecule has 0 spiro atoms. The minimum absolute atomic E-state index is 0.209. The summed E-state index contributed by atoms with van der Waals surface area (Å²) in [6, 6.07) is 33.0. The molecule has 0 saturated carbocycles. The summed E-state index contributed by atoms with van der Waals surface area (Å²) in [6.45, 7) is 1.91. The lowest BCUT2D eigenvalue weighted by Gasteiger charge is -2.30. The molecular weight excluding hydrogens is 411 g/mol. The lowest BCUT2D eigenvalue weighted by Crippen LogP contribution is -2.34. The maximum atomic E-state index is 11.6. The highest BCUT2D eigenvalue weighted by atomic mass is 31.2. The Labute approximate surface area is 191 Å². The molecule has 2 aliphatic rings. The number of allylic oxidation sites excluding steroid dienone is 3. The van der Waals surface area contributed by atoms with Crippen molar-refractivity contribution in [1.82, 2.24) is 0 Å². The Morgan fingerprint density at radius 3 is 1.62 bits per heavy atom. The molecule has 0 saturated heterocycles. The molecule has 2 bridgehead atoms. The largest absolute Gasteiger partial charge is 0.461 e. The van der Waals surface area contributed by atoms with E-state index in [-0.39, 0.29) is 5.97 Å². The van der Waals surface area contributed by atoms with E-state index in [0.29, 0.717) is 18.4 Å². The third-order valence-corrected chi connectivity index (χ3v) is 11.2. The lowest BCUT2D eigenvalue weighted by atomic mass is 9.99. The molecule has 0 aliphatic heterocycles. The van der Waals surface area contributed by atoms with Gasteiger partial charge in [-0.15, -0.1) is 0 Å². The Balaban J connectivity index is 1.71. The SMILES string of the molecule is CC(=O)OCC1=C(C[P+](c2ccccc2)(c2ccccc2)c2ccccc2)C2C=CC1C2. The van der Waals surface area contributed by atoms with E-state index in [9.17, 15) is 4.79 Å². The number of rotatable bonds is 7. The minimum Gasteiger partial charge on any atom is -0.461 e. The van der Waals surface area contributed by atoms with Crippen LogP contribution in [0.3, 0.4) is 0 Å². The van der Waals surface area contributed by atoms with Gasteiger partial charge in [-0.25, -0.2) is 0 Å². The monoisotopic (exact) mass is 439 g/mol. The Morgan fingerprint density at radius 1 is 0.750 bits per heavy atom. The normalized spacial score (nSPS) is 19.4. The van der Waals surface area contributed by atoms with Crippen LogP contribution in [0.4, 0.5) is 0 Å². The summed E-state index contributed by atoms with van der Waals surface area (Å²) < 4.78 is 5.52. The van der Waals surface area contributed by atoms with Crippen LogP contribution in [-0.2, 0) is 9.53 Å². The van der Waals surface area contributed by atoms with Crippen LogP contribution in [0.1, 0.15) is 13.3 Å². The van der Waals surface area contributed by atoms with Gasteiger partial charge < -0.3 is 4.74 Å². The second-order valence-electron chi connectivity index (χ2n) is 8.64. The molecule has 0 amide bonds. The number of hydrogen-bond acceptors (Lipinski definition) is 2. The summed E-state index contributed by atoms with van der Waals surface area (Å²) in [5.74, 6) is 0.637.